The zero-order valence-corrected chi connectivity index (χ0v) is 13.2. The van der Waals surface area contributed by atoms with Gasteiger partial charge in [0, 0.05) is 5.39 Å². The molecule has 1 aromatic carbocycles. The van der Waals surface area contributed by atoms with E-state index in [4.69, 9.17) is 0 Å². The average molecular weight is 367 g/mol. The van der Waals surface area contributed by atoms with Crippen molar-refractivity contribution >= 4 is 16.6 Å². The number of pyridine rings is 1. The van der Waals surface area contributed by atoms with E-state index in [0.29, 0.717) is 10.9 Å². The van der Waals surface area contributed by atoms with Crippen LogP contribution in [-0.2, 0) is 6.18 Å². The van der Waals surface area contributed by atoms with Crippen molar-refractivity contribution in [2.75, 3.05) is 0 Å². The number of aryl methyl sites for hydroxylation is 1. The van der Waals surface area contributed by atoms with Gasteiger partial charge in [0.25, 0.3) is 12.2 Å². The molecule has 4 aromatic rings. The van der Waals surface area contributed by atoms with Crippen LogP contribution >= 0.6 is 0 Å². The predicted molar refractivity (Wildman–Crippen MR) is 82.3 cm³/mol. The van der Waals surface area contributed by atoms with Crippen molar-refractivity contribution in [1.29, 1.82) is 0 Å². The zero-order chi connectivity index (χ0) is 18.6. The summed E-state index contributed by atoms with van der Waals surface area (Å²) in [6.45, 7) is 1.76. The predicted octanol–water partition coefficient (Wildman–Crippen LogP) is 4.33. The molecule has 3 heterocycles. The fraction of sp³-hybridized carbons (Fsp3) is 0.188. The highest BCUT2D eigenvalue weighted by atomic mass is 19.4. The van der Waals surface area contributed by atoms with E-state index in [9.17, 15) is 22.0 Å². The largest absolute Gasteiger partial charge is 0.453 e. The molecular weight excluding hydrogens is 357 g/mol. The standard InChI is InChI=1S/C16H10F5N5/c1-8-3-2-4-9-7-22-26(12(8)9)14-10(13(17)18)5-6-11-23-15(16(19,20)21)24-25(11)14/h2-7,13H,1H3. The number of para-hydroxylation sites is 1. The summed E-state index contributed by atoms with van der Waals surface area (Å²) in [5.74, 6) is -1.68. The summed E-state index contributed by atoms with van der Waals surface area (Å²) >= 11 is 0. The number of nitrogens with zero attached hydrogens (tertiary/aromatic N) is 5. The lowest BCUT2D eigenvalue weighted by Crippen LogP contribution is -2.11. The normalized spacial score (nSPS) is 12.6. The van der Waals surface area contributed by atoms with Crippen LogP contribution in [0.3, 0.4) is 0 Å². The number of hydrogen-bond donors (Lipinski definition) is 0. The smallest absolute Gasteiger partial charge is 0.214 e. The van der Waals surface area contributed by atoms with Gasteiger partial charge in [0.05, 0.1) is 17.3 Å². The Hall–Kier alpha value is -3.04. The molecule has 0 spiro atoms. The molecule has 0 amide bonds. The number of aromatic nitrogens is 5. The Morgan fingerprint density at radius 2 is 1.85 bits per heavy atom. The Kier molecular flexibility index (Phi) is 3.46. The first-order chi connectivity index (χ1) is 12.3. The summed E-state index contributed by atoms with van der Waals surface area (Å²) in [6, 6.07) is 7.37. The van der Waals surface area contributed by atoms with E-state index in [2.05, 4.69) is 15.2 Å². The minimum Gasteiger partial charge on any atom is -0.214 e. The van der Waals surface area contributed by atoms with E-state index >= 15 is 0 Å². The van der Waals surface area contributed by atoms with Crippen LogP contribution in [0.25, 0.3) is 22.4 Å². The van der Waals surface area contributed by atoms with Crippen LogP contribution in [0.4, 0.5) is 22.0 Å². The topological polar surface area (TPSA) is 48.0 Å². The number of halogens is 5. The van der Waals surface area contributed by atoms with Crippen LogP contribution in [0.1, 0.15) is 23.4 Å². The third-order valence-electron chi connectivity index (χ3n) is 3.99. The van der Waals surface area contributed by atoms with Crippen LogP contribution in [0, 0.1) is 6.92 Å². The van der Waals surface area contributed by atoms with Gasteiger partial charge < -0.3 is 0 Å². The van der Waals surface area contributed by atoms with Gasteiger partial charge in [0.15, 0.2) is 11.5 Å². The molecule has 0 N–H and O–H groups in total. The molecule has 0 saturated carbocycles. The Morgan fingerprint density at radius 3 is 2.54 bits per heavy atom. The minimum absolute atomic E-state index is 0.200. The van der Waals surface area contributed by atoms with Gasteiger partial charge in [0.1, 0.15) is 0 Å². The lowest BCUT2D eigenvalue weighted by Gasteiger charge is -2.12. The van der Waals surface area contributed by atoms with Gasteiger partial charge in [-0.25, -0.2) is 18.4 Å². The van der Waals surface area contributed by atoms with E-state index in [0.717, 1.165) is 22.2 Å². The van der Waals surface area contributed by atoms with Gasteiger partial charge in [-0.3, -0.25) is 0 Å². The van der Waals surface area contributed by atoms with E-state index in [1.165, 1.54) is 10.9 Å². The summed E-state index contributed by atoms with van der Waals surface area (Å²) < 4.78 is 68.0. The highest BCUT2D eigenvalue weighted by molar-refractivity contribution is 5.83. The van der Waals surface area contributed by atoms with Crippen molar-refractivity contribution in [3.05, 3.63) is 53.5 Å². The van der Waals surface area contributed by atoms with Crippen LogP contribution in [0.15, 0.2) is 36.5 Å². The van der Waals surface area contributed by atoms with Crippen molar-refractivity contribution in [2.24, 2.45) is 0 Å². The van der Waals surface area contributed by atoms with Gasteiger partial charge >= 0.3 is 6.18 Å². The van der Waals surface area contributed by atoms with Crippen LogP contribution < -0.4 is 0 Å². The fourth-order valence-corrected chi connectivity index (χ4v) is 2.86. The van der Waals surface area contributed by atoms with E-state index in [1.807, 2.05) is 0 Å². The fourth-order valence-electron chi connectivity index (χ4n) is 2.86. The Balaban J connectivity index is 2.12. The van der Waals surface area contributed by atoms with Gasteiger partial charge in [-0.15, -0.1) is 5.10 Å². The molecule has 0 aliphatic rings. The van der Waals surface area contributed by atoms with E-state index in [-0.39, 0.29) is 11.5 Å². The first kappa shape index (κ1) is 16.4. The van der Waals surface area contributed by atoms with E-state index in [1.54, 1.807) is 25.1 Å². The van der Waals surface area contributed by atoms with Crippen molar-refractivity contribution in [2.45, 2.75) is 19.5 Å². The molecule has 0 aliphatic carbocycles. The van der Waals surface area contributed by atoms with Crippen LogP contribution in [0.5, 0.6) is 0 Å². The first-order valence-corrected chi connectivity index (χ1v) is 7.46. The van der Waals surface area contributed by atoms with Crippen molar-refractivity contribution in [3.8, 4) is 5.82 Å². The number of fused-ring (bicyclic) bond motifs is 2. The molecule has 0 radical (unpaired) electrons. The van der Waals surface area contributed by atoms with Crippen LogP contribution in [-0.4, -0.2) is 24.4 Å². The molecule has 0 atom stereocenters. The minimum atomic E-state index is -4.80. The zero-order valence-electron chi connectivity index (χ0n) is 13.2. The second-order valence-corrected chi connectivity index (χ2v) is 5.69. The Labute approximate surface area is 142 Å². The molecule has 0 saturated heterocycles. The molecule has 134 valence electrons. The summed E-state index contributed by atoms with van der Waals surface area (Å²) in [5.41, 5.74) is 0.540. The maximum absolute atomic E-state index is 13.6. The van der Waals surface area contributed by atoms with Gasteiger partial charge in [-0.2, -0.15) is 22.8 Å². The molecule has 26 heavy (non-hydrogen) atoms. The monoisotopic (exact) mass is 367 g/mol. The molecular formula is C16H10F5N5. The average Bonchev–Trinajstić information content (AvgIpc) is 3.18. The quantitative estimate of drug-likeness (QED) is 0.496. The number of benzene rings is 1. The summed E-state index contributed by atoms with van der Waals surface area (Å²) in [6.07, 6.45) is -6.27. The van der Waals surface area contributed by atoms with Crippen molar-refractivity contribution < 1.29 is 22.0 Å². The Morgan fingerprint density at radius 1 is 1.08 bits per heavy atom. The second kappa shape index (κ2) is 5.48. The summed E-state index contributed by atoms with van der Waals surface area (Å²) in [5, 5.41) is 8.18. The molecule has 0 unspecified atom stereocenters. The Bertz CT molecular complexity index is 1130. The molecule has 4 rings (SSSR count). The highest BCUT2D eigenvalue weighted by Gasteiger charge is 2.37. The second-order valence-electron chi connectivity index (χ2n) is 5.69. The maximum atomic E-state index is 13.6. The van der Waals surface area contributed by atoms with Crippen molar-refractivity contribution in [1.82, 2.24) is 24.4 Å². The number of rotatable bonds is 2. The van der Waals surface area contributed by atoms with Crippen molar-refractivity contribution in [3.63, 3.8) is 0 Å². The van der Waals surface area contributed by atoms with Gasteiger partial charge in [-0.05, 0) is 24.6 Å². The first-order valence-electron chi connectivity index (χ1n) is 7.46. The molecule has 3 aromatic heterocycles. The molecule has 5 nitrogen and oxygen atoms in total. The summed E-state index contributed by atoms with van der Waals surface area (Å²) in [7, 11) is 0. The molecule has 10 heteroatoms. The lowest BCUT2D eigenvalue weighted by molar-refractivity contribution is -0.144. The number of alkyl halides is 5. The van der Waals surface area contributed by atoms with Crippen LogP contribution in [0.2, 0.25) is 0 Å². The van der Waals surface area contributed by atoms with E-state index < -0.39 is 24.0 Å². The third-order valence-corrected chi connectivity index (χ3v) is 3.99. The number of hydrogen-bond acceptors (Lipinski definition) is 3. The SMILES string of the molecule is Cc1cccc2cnn(-c3c(C(F)F)ccc4nc(C(F)(F)F)nn34)c12. The molecule has 0 bridgehead atoms. The lowest BCUT2D eigenvalue weighted by atomic mass is 10.1. The maximum Gasteiger partial charge on any atom is 0.453 e. The molecule has 0 fully saturated rings. The third kappa shape index (κ3) is 2.40. The highest BCUT2D eigenvalue weighted by Crippen LogP contribution is 2.32. The molecule has 0 aliphatic heterocycles. The van der Waals surface area contributed by atoms with Gasteiger partial charge in [-0.1, -0.05) is 18.2 Å². The van der Waals surface area contributed by atoms with Gasteiger partial charge in [0.2, 0.25) is 0 Å². The summed E-state index contributed by atoms with van der Waals surface area (Å²) in [4.78, 5) is 3.40.